The summed E-state index contributed by atoms with van der Waals surface area (Å²) in [7, 11) is 0. The maximum atomic E-state index is 8.96. The van der Waals surface area contributed by atoms with Crippen LogP contribution < -0.4 is 0 Å². The van der Waals surface area contributed by atoms with Crippen LogP contribution in [0.4, 0.5) is 0 Å². The van der Waals surface area contributed by atoms with Crippen molar-refractivity contribution in [2.45, 2.75) is 38.9 Å². The summed E-state index contributed by atoms with van der Waals surface area (Å²) in [5.74, 6) is 2.79. The van der Waals surface area contributed by atoms with E-state index in [2.05, 4.69) is 13.8 Å². The van der Waals surface area contributed by atoms with Crippen LogP contribution in [-0.2, 0) is 4.74 Å². The molecular weight excluding hydrogens is 184 g/mol. The summed E-state index contributed by atoms with van der Waals surface area (Å²) in [5.41, 5.74) is 0. The predicted octanol–water partition coefficient (Wildman–Crippen LogP) is 1.92. The lowest BCUT2D eigenvalue weighted by Crippen LogP contribution is -2.34. The molecule has 1 aliphatic rings. The lowest BCUT2D eigenvalue weighted by atomic mass is 10.0. The number of aliphatic hydroxyl groups is 1. The minimum atomic E-state index is 0.0767. The van der Waals surface area contributed by atoms with Crippen molar-refractivity contribution in [3.63, 3.8) is 0 Å². The van der Waals surface area contributed by atoms with Crippen LogP contribution in [0.25, 0.3) is 0 Å². The summed E-state index contributed by atoms with van der Waals surface area (Å²) in [4.78, 5) is 0. The van der Waals surface area contributed by atoms with Crippen molar-refractivity contribution in [3.05, 3.63) is 0 Å². The van der Waals surface area contributed by atoms with Gasteiger partial charge in [0.25, 0.3) is 0 Å². The van der Waals surface area contributed by atoms with Gasteiger partial charge in [0.1, 0.15) is 0 Å². The van der Waals surface area contributed by atoms with Crippen LogP contribution in [0.2, 0.25) is 0 Å². The molecule has 0 bridgehead atoms. The Labute approximate surface area is 85.0 Å². The fourth-order valence-electron chi connectivity index (χ4n) is 1.52. The van der Waals surface area contributed by atoms with Crippen molar-refractivity contribution >= 4 is 11.8 Å². The predicted molar refractivity (Wildman–Crippen MR) is 57.1 cm³/mol. The summed E-state index contributed by atoms with van der Waals surface area (Å²) in [6, 6.07) is 0. The number of hydrogen-bond acceptors (Lipinski definition) is 3. The van der Waals surface area contributed by atoms with Crippen LogP contribution in [-0.4, -0.2) is 35.4 Å². The van der Waals surface area contributed by atoms with E-state index < -0.39 is 0 Å². The first-order valence-electron chi connectivity index (χ1n) is 5.10. The molecule has 13 heavy (non-hydrogen) atoms. The SMILES string of the molecule is CCC(C)CC1CSCC(CO)O1. The molecule has 0 radical (unpaired) electrons. The Balaban J connectivity index is 2.25. The summed E-state index contributed by atoms with van der Waals surface area (Å²) >= 11 is 1.90. The highest BCUT2D eigenvalue weighted by atomic mass is 32.2. The fraction of sp³-hybridized carbons (Fsp3) is 1.00. The number of thioether (sulfide) groups is 1. The second kappa shape index (κ2) is 5.89. The molecular formula is C10H20O2S. The molecule has 1 N–H and O–H groups in total. The molecule has 3 unspecified atom stereocenters. The van der Waals surface area contributed by atoms with Gasteiger partial charge in [0.15, 0.2) is 0 Å². The van der Waals surface area contributed by atoms with Gasteiger partial charge < -0.3 is 9.84 Å². The van der Waals surface area contributed by atoms with Crippen LogP contribution in [0, 0.1) is 5.92 Å². The van der Waals surface area contributed by atoms with Crippen LogP contribution in [0.1, 0.15) is 26.7 Å². The minimum Gasteiger partial charge on any atom is -0.394 e. The maximum absolute atomic E-state index is 8.96. The normalized spacial score (nSPS) is 31.6. The van der Waals surface area contributed by atoms with E-state index in [4.69, 9.17) is 9.84 Å². The van der Waals surface area contributed by atoms with E-state index in [0.29, 0.717) is 6.10 Å². The molecule has 0 aromatic heterocycles. The van der Waals surface area contributed by atoms with Crippen molar-refractivity contribution in [2.24, 2.45) is 5.92 Å². The van der Waals surface area contributed by atoms with E-state index in [1.165, 1.54) is 6.42 Å². The average molecular weight is 204 g/mol. The molecule has 1 heterocycles. The van der Waals surface area contributed by atoms with Crippen molar-refractivity contribution in [2.75, 3.05) is 18.1 Å². The number of aliphatic hydroxyl groups excluding tert-OH is 1. The first-order chi connectivity index (χ1) is 6.26. The molecule has 1 rings (SSSR count). The zero-order valence-electron chi connectivity index (χ0n) is 8.53. The lowest BCUT2D eigenvalue weighted by Gasteiger charge is -2.30. The van der Waals surface area contributed by atoms with E-state index in [9.17, 15) is 0 Å². The lowest BCUT2D eigenvalue weighted by molar-refractivity contribution is -0.0299. The highest BCUT2D eigenvalue weighted by Crippen LogP contribution is 2.23. The van der Waals surface area contributed by atoms with Crippen molar-refractivity contribution in [1.29, 1.82) is 0 Å². The molecule has 0 saturated carbocycles. The molecule has 78 valence electrons. The van der Waals surface area contributed by atoms with Crippen molar-refractivity contribution < 1.29 is 9.84 Å². The summed E-state index contributed by atoms with van der Waals surface area (Å²) in [6.45, 7) is 4.64. The third-order valence-corrected chi connectivity index (χ3v) is 3.77. The van der Waals surface area contributed by atoms with Crippen molar-refractivity contribution in [1.82, 2.24) is 0 Å². The van der Waals surface area contributed by atoms with E-state index in [0.717, 1.165) is 23.8 Å². The Bertz CT molecular complexity index is 139. The van der Waals surface area contributed by atoms with Crippen LogP contribution >= 0.6 is 11.8 Å². The van der Waals surface area contributed by atoms with Gasteiger partial charge in [-0.25, -0.2) is 0 Å². The second-order valence-electron chi connectivity index (χ2n) is 3.85. The minimum absolute atomic E-state index is 0.0767. The molecule has 0 aliphatic carbocycles. The second-order valence-corrected chi connectivity index (χ2v) is 4.92. The molecule has 1 aliphatic heterocycles. The van der Waals surface area contributed by atoms with Gasteiger partial charge >= 0.3 is 0 Å². The van der Waals surface area contributed by atoms with E-state index in [1.807, 2.05) is 11.8 Å². The van der Waals surface area contributed by atoms with Gasteiger partial charge in [-0.05, 0) is 12.3 Å². The molecule has 3 atom stereocenters. The van der Waals surface area contributed by atoms with Crippen LogP contribution in [0.15, 0.2) is 0 Å². The first-order valence-corrected chi connectivity index (χ1v) is 6.25. The number of ether oxygens (including phenoxy) is 1. The highest BCUT2D eigenvalue weighted by Gasteiger charge is 2.23. The molecule has 0 aromatic rings. The smallest absolute Gasteiger partial charge is 0.0900 e. The third kappa shape index (κ3) is 3.88. The number of hydrogen-bond donors (Lipinski definition) is 1. The van der Waals surface area contributed by atoms with Crippen LogP contribution in [0.5, 0.6) is 0 Å². The third-order valence-electron chi connectivity index (χ3n) is 2.56. The Morgan fingerprint density at radius 3 is 2.77 bits per heavy atom. The average Bonchev–Trinajstić information content (AvgIpc) is 2.18. The van der Waals surface area contributed by atoms with Gasteiger partial charge in [-0.1, -0.05) is 20.3 Å². The maximum Gasteiger partial charge on any atom is 0.0900 e. The molecule has 1 saturated heterocycles. The summed E-state index contributed by atoms with van der Waals surface area (Å²) in [6.07, 6.45) is 2.80. The Morgan fingerprint density at radius 2 is 2.15 bits per heavy atom. The quantitative estimate of drug-likeness (QED) is 0.758. The van der Waals surface area contributed by atoms with Gasteiger partial charge in [0.05, 0.1) is 18.8 Å². The Hall–Kier alpha value is 0.270. The van der Waals surface area contributed by atoms with Crippen LogP contribution in [0.3, 0.4) is 0 Å². The zero-order chi connectivity index (χ0) is 9.68. The summed E-state index contributed by atoms with van der Waals surface area (Å²) in [5, 5.41) is 8.96. The topological polar surface area (TPSA) is 29.5 Å². The van der Waals surface area contributed by atoms with E-state index >= 15 is 0 Å². The van der Waals surface area contributed by atoms with Gasteiger partial charge in [0.2, 0.25) is 0 Å². The zero-order valence-corrected chi connectivity index (χ0v) is 9.35. The molecule has 0 aromatic carbocycles. The van der Waals surface area contributed by atoms with Gasteiger partial charge in [-0.2, -0.15) is 11.8 Å². The van der Waals surface area contributed by atoms with Gasteiger partial charge in [0, 0.05) is 11.5 Å². The van der Waals surface area contributed by atoms with Gasteiger partial charge in [-0.15, -0.1) is 0 Å². The van der Waals surface area contributed by atoms with E-state index in [1.54, 1.807) is 0 Å². The largest absolute Gasteiger partial charge is 0.394 e. The molecule has 0 spiro atoms. The summed E-state index contributed by atoms with van der Waals surface area (Å²) < 4.78 is 5.74. The molecule has 2 nitrogen and oxygen atoms in total. The molecule has 1 fully saturated rings. The highest BCUT2D eigenvalue weighted by molar-refractivity contribution is 7.99. The standard InChI is InChI=1S/C10H20O2S/c1-3-8(2)4-9-6-13-7-10(5-11)12-9/h8-11H,3-7H2,1-2H3. The van der Waals surface area contributed by atoms with Gasteiger partial charge in [-0.3, -0.25) is 0 Å². The fourth-order valence-corrected chi connectivity index (χ4v) is 2.58. The Morgan fingerprint density at radius 1 is 1.46 bits per heavy atom. The number of rotatable bonds is 4. The Kier molecular flexibility index (Phi) is 5.14. The first kappa shape index (κ1) is 11.3. The van der Waals surface area contributed by atoms with E-state index in [-0.39, 0.29) is 12.7 Å². The molecule has 0 amide bonds. The molecule has 3 heteroatoms. The monoisotopic (exact) mass is 204 g/mol. The van der Waals surface area contributed by atoms with Crippen molar-refractivity contribution in [3.8, 4) is 0 Å².